The highest BCUT2D eigenvalue weighted by molar-refractivity contribution is 7.98. The minimum atomic E-state index is -1.02. The summed E-state index contributed by atoms with van der Waals surface area (Å²) in [4.78, 5) is 40.0. The first kappa shape index (κ1) is 26.7. The molecule has 1 amide bonds. The second-order valence-corrected chi connectivity index (χ2v) is 9.10. The van der Waals surface area contributed by atoms with Crippen LogP contribution in [0.4, 0.5) is 0 Å². The maximum Gasteiger partial charge on any atom is 0.308 e. The number of hydrogen-bond acceptors (Lipinski definition) is 10. The number of thioether (sulfide) groups is 1. The molecular formula is C27H25N3O7S. The molecule has 0 unspecified atom stereocenters. The lowest BCUT2D eigenvalue weighted by molar-refractivity contribution is -0.135. The van der Waals surface area contributed by atoms with E-state index in [9.17, 15) is 14.4 Å². The monoisotopic (exact) mass is 535 g/mol. The second-order valence-electron chi connectivity index (χ2n) is 8.11. The average molecular weight is 536 g/mol. The van der Waals surface area contributed by atoms with E-state index >= 15 is 0 Å². The predicted octanol–water partition coefficient (Wildman–Crippen LogP) is 4.47. The molecule has 10 nitrogen and oxygen atoms in total. The maximum absolute atomic E-state index is 12.5. The zero-order valence-corrected chi connectivity index (χ0v) is 22.0. The summed E-state index contributed by atoms with van der Waals surface area (Å²) in [5, 5.41) is 6.44. The van der Waals surface area contributed by atoms with Crippen molar-refractivity contribution in [2.24, 2.45) is 5.10 Å². The number of carbonyl (C=O) groups excluding carboxylic acids is 3. The van der Waals surface area contributed by atoms with Gasteiger partial charge in [0.25, 0.3) is 0 Å². The van der Waals surface area contributed by atoms with Crippen molar-refractivity contribution in [2.45, 2.75) is 37.8 Å². The molecule has 2 heterocycles. The van der Waals surface area contributed by atoms with Crippen LogP contribution in [0, 0.1) is 0 Å². The van der Waals surface area contributed by atoms with Crippen LogP contribution in [-0.2, 0) is 24.9 Å². The van der Waals surface area contributed by atoms with E-state index in [0.29, 0.717) is 22.6 Å². The number of nitrogens with zero attached hydrogens (tertiary/aromatic N) is 3. The first-order valence-electron chi connectivity index (χ1n) is 11.5. The van der Waals surface area contributed by atoms with Gasteiger partial charge in [0.1, 0.15) is 17.2 Å². The van der Waals surface area contributed by atoms with E-state index < -0.39 is 18.2 Å². The van der Waals surface area contributed by atoms with Crippen molar-refractivity contribution in [3.05, 3.63) is 77.5 Å². The van der Waals surface area contributed by atoms with Gasteiger partial charge in [0.2, 0.25) is 18.0 Å². The highest BCUT2D eigenvalue weighted by Gasteiger charge is 2.36. The Morgan fingerprint density at radius 3 is 2.42 bits per heavy atom. The van der Waals surface area contributed by atoms with E-state index in [1.54, 1.807) is 43.3 Å². The molecular weight excluding hydrogens is 510 g/mol. The Kier molecular flexibility index (Phi) is 8.27. The zero-order chi connectivity index (χ0) is 27.2. The van der Waals surface area contributed by atoms with Crippen LogP contribution in [0.3, 0.4) is 0 Å². The number of ether oxygens (including phenoxy) is 4. The van der Waals surface area contributed by atoms with Gasteiger partial charge in [0.05, 0.1) is 17.7 Å². The Hall–Kier alpha value is -4.38. The molecule has 0 N–H and O–H groups in total. The van der Waals surface area contributed by atoms with E-state index in [2.05, 4.69) is 10.1 Å². The van der Waals surface area contributed by atoms with E-state index in [-0.39, 0.29) is 23.3 Å². The van der Waals surface area contributed by atoms with Crippen LogP contribution in [0.25, 0.3) is 0 Å². The summed E-state index contributed by atoms with van der Waals surface area (Å²) >= 11 is 1.55. The van der Waals surface area contributed by atoms with Gasteiger partial charge in [-0.15, -0.1) is 16.9 Å². The van der Waals surface area contributed by atoms with Crippen molar-refractivity contribution in [3.8, 4) is 17.2 Å². The average Bonchev–Trinajstić information content (AvgIpc) is 3.33. The van der Waals surface area contributed by atoms with Gasteiger partial charge in [-0.05, 0) is 42.5 Å². The molecule has 2 aromatic carbocycles. The second kappa shape index (κ2) is 11.8. The zero-order valence-electron chi connectivity index (χ0n) is 21.2. The molecule has 0 aliphatic carbocycles. The van der Waals surface area contributed by atoms with Gasteiger partial charge in [0.15, 0.2) is 0 Å². The van der Waals surface area contributed by atoms with Crippen LogP contribution in [0.2, 0.25) is 0 Å². The molecule has 0 bridgehead atoms. The van der Waals surface area contributed by atoms with Crippen molar-refractivity contribution in [2.75, 3.05) is 7.11 Å². The van der Waals surface area contributed by atoms with Crippen LogP contribution in [0.1, 0.15) is 43.7 Å². The Balaban J connectivity index is 1.65. The summed E-state index contributed by atoms with van der Waals surface area (Å²) < 4.78 is 22.1. The molecule has 1 atom stereocenters. The SMILES string of the molecule is COc1ccc(C2=NN(C(C)=O)[C@@H](c3ccc(OC(C)=O)cc3OC(C)=O)O2)cc1CSc1ccccn1. The molecule has 0 fully saturated rings. The minimum Gasteiger partial charge on any atom is -0.496 e. The lowest BCUT2D eigenvalue weighted by Gasteiger charge is -2.21. The van der Waals surface area contributed by atoms with Crippen molar-refractivity contribution >= 4 is 35.5 Å². The van der Waals surface area contributed by atoms with Crippen molar-refractivity contribution in [3.63, 3.8) is 0 Å². The summed E-state index contributed by atoms with van der Waals surface area (Å²) in [6, 6.07) is 15.6. The molecule has 3 aromatic rings. The van der Waals surface area contributed by atoms with Gasteiger partial charge < -0.3 is 18.9 Å². The molecule has 0 saturated heterocycles. The van der Waals surface area contributed by atoms with Crippen molar-refractivity contribution in [1.82, 2.24) is 9.99 Å². The third kappa shape index (κ3) is 6.30. The number of hydrazone groups is 1. The van der Waals surface area contributed by atoms with Crippen LogP contribution in [0.5, 0.6) is 17.2 Å². The Bertz CT molecular complexity index is 1390. The molecule has 0 saturated carbocycles. The lowest BCUT2D eigenvalue weighted by Crippen LogP contribution is -2.26. The standard InChI is InChI=1S/C27H25N3O7S/c1-16(31)30-27(22-10-9-21(35-17(2)32)14-24(22)36-18(3)33)37-26(29-30)19-8-11-23(34-4)20(13-19)15-38-25-7-5-6-12-28-25/h5-14,27H,15H2,1-4H3/t27-/m1/s1. The molecule has 196 valence electrons. The third-order valence-electron chi connectivity index (χ3n) is 5.27. The summed E-state index contributed by atoms with van der Waals surface area (Å²) in [7, 11) is 1.59. The van der Waals surface area contributed by atoms with Gasteiger partial charge in [-0.3, -0.25) is 14.4 Å². The maximum atomic E-state index is 12.5. The number of pyridine rings is 1. The summed E-state index contributed by atoms with van der Waals surface area (Å²) in [6.45, 7) is 3.85. The highest BCUT2D eigenvalue weighted by atomic mass is 32.2. The number of hydrogen-bond donors (Lipinski definition) is 0. The van der Waals surface area contributed by atoms with Gasteiger partial charge in [0, 0.05) is 49.9 Å². The summed E-state index contributed by atoms with van der Waals surface area (Å²) in [5.74, 6) is 0.212. The lowest BCUT2D eigenvalue weighted by atomic mass is 10.1. The molecule has 11 heteroatoms. The first-order valence-corrected chi connectivity index (χ1v) is 12.5. The third-order valence-corrected chi connectivity index (χ3v) is 6.27. The quantitative estimate of drug-likeness (QED) is 0.234. The Morgan fingerprint density at radius 1 is 0.974 bits per heavy atom. The number of aromatic nitrogens is 1. The number of methoxy groups -OCH3 is 1. The molecule has 1 aliphatic rings. The molecule has 1 aliphatic heterocycles. The summed E-state index contributed by atoms with van der Waals surface area (Å²) in [5.41, 5.74) is 1.86. The number of benzene rings is 2. The number of rotatable bonds is 8. The minimum absolute atomic E-state index is 0.0751. The van der Waals surface area contributed by atoms with Crippen molar-refractivity contribution in [1.29, 1.82) is 0 Å². The fourth-order valence-electron chi connectivity index (χ4n) is 3.69. The molecule has 0 spiro atoms. The fraction of sp³-hybridized carbons (Fsp3) is 0.222. The van der Waals surface area contributed by atoms with Gasteiger partial charge in [-0.2, -0.15) is 5.01 Å². The topological polar surface area (TPSA) is 117 Å². The van der Waals surface area contributed by atoms with E-state index in [1.807, 2.05) is 24.3 Å². The normalized spacial score (nSPS) is 14.4. The van der Waals surface area contributed by atoms with Gasteiger partial charge in [-0.25, -0.2) is 4.98 Å². The molecule has 4 rings (SSSR count). The first-order chi connectivity index (χ1) is 18.2. The van der Waals surface area contributed by atoms with Crippen LogP contribution < -0.4 is 14.2 Å². The number of esters is 2. The number of amides is 1. The van der Waals surface area contributed by atoms with Gasteiger partial charge in [-0.1, -0.05) is 6.07 Å². The van der Waals surface area contributed by atoms with Gasteiger partial charge >= 0.3 is 11.9 Å². The Labute approximate surface area is 223 Å². The van der Waals surface area contributed by atoms with E-state index in [1.165, 1.54) is 32.9 Å². The van der Waals surface area contributed by atoms with Crippen LogP contribution in [0.15, 0.2) is 70.9 Å². The Morgan fingerprint density at radius 2 is 1.76 bits per heavy atom. The molecule has 0 radical (unpaired) electrons. The summed E-state index contributed by atoms with van der Waals surface area (Å²) in [6.07, 6.45) is 0.716. The largest absolute Gasteiger partial charge is 0.496 e. The molecule has 38 heavy (non-hydrogen) atoms. The smallest absolute Gasteiger partial charge is 0.308 e. The van der Waals surface area contributed by atoms with Crippen LogP contribution >= 0.6 is 11.8 Å². The van der Waals surface area contributed by atoms with Crippen molar-refractivity contribution < 1.29 is 33.3 Å². The van der Waals surface area contributed by atoms with Crippen LogP contribution in [-0.4, -0.2) is 40.8 Å². The number of carbonyl (C=O) groups is 3. The highest BCUT2D eigenvalue weighted by Crippen LogP contribution is 2.38. The van der Waals surface area contributed by atoms with E-state index in [0.717, 1.165) is 15.6 Å². The predicted molar refractivity (Wildman–Crippen MR) is 139 cm³/mol. The fourth-order valence-corrected chi connectivity index (χ4v) is 4.53. The van der Waals surface area contributed by atoms with E-state index in [4.69, 9.17) is 18.9 Å². The molecule has 1 aromatic heterocycles.